The van der Waals surface area contributed by atoms with Gasteiger partial charge in [-0.3, -0.25) is 4.79 Å². The molecule has 0 amide bonds. The van der Waals surface area contributed by atoms with Gasteiger partial charge in [-0.2, -0.15) is 0 Å². The molecule has 0 atom stereocenters. The molecule has 1 heterocycles. The maximum absolute atomic E-state index is 12.3. The lowest BCUT2D eigenvalue weighted by atomic mass is 9.87. The summed E-state index contributed by atoms with van der Waals surface area (Å²) in [5.41, 5.74) is 0.231. The summed E-state index contributed by atoms with van der Waals surface area (Å²) in [6.45, 7) is 9.23. The van der Waals surface area contributed by atoms with E-state index in [2.05, 4.69) is 0 Å². The van der Waals surface area contributed by atoms with Crippen molar-refractivity contribution in [3.63, 3.8) is 0 Å². The number of Topliss-reactive ketones (excluding diaryl/α,β-unsaturated/α-hetero) is 1. The van der Waals surface area contributed by atoms with Crippen molar-refractivity contribution in [3.8, 4) is 0 Å². The average molecular weight is 260 g/mol. The van der Waals surface area contributed by atoms with Gasteiger partial charge >= 0.3 is 0 Å². The fourth-order valence-electron chi connectivity index (χ4n) is 2.18. The zero-order valence-corrected chi connectivity index (χ0v) is 12.0. The first-order valence-electron chi connectivity index (χ1n) is 5.61. The molecule has 0 saturated heterocycles. The van der Waals surface area contributed by atoms with Gasteiger partial charge in [-0.1, -0.05) is 13.8 Å². The normalized spacial score (nSPS) is 26.4. The lowest BCUT2D eigenvalue weighted by molar-refractivity contribution is -0.118. The molecule has 5 heteroatoms. The van der Waals surface area contributed by atoms with Crippen LogP contribution in [0.25, 0.3) is 0 Å². The minimum atomic E-state index is -3.76. The Kier molecular flexibility index (Phi) is 2.99. The van der Waals surface area contributed by atoms with Gasteiger partial charge in [0.05, 0.1) is 0 Å². The summed E-state index contributed by atoms with van der Waals surface area (Å²) in [7, 11) is -3.76. The first kappa shape index (κ1) is 14.2. The Labute approximate surface area is 103 Å². The van der Waals surface area contributed by atoms with Crippen molar-refractivity contribution < 1.29 is 18.3 Å². The second-order valence-corrected chi connectivity index (χ2v) is 8.82. The van der Waals surface area contributed by atoms with Crippen LogP contribution < -0.4 is 0 Å². The molecule has 1 aliphatic heterocycles. The van der Waals surface area contributed by atoms with Gasteiger partial charge in [0, 0.05) is 5.57 Å². The third kappa shape index (κ3) is 1.55. The fraction of sp³-hybridized carbons (Fsp3) is 0.750. The van der Waals surface area contributed by atoms with Gasteiger partial charge in [-0.05, 0) is 33.6 Å². The highest BCUT2D eigenvalue weighted by Crippen LogP contribution is 2.43. The molecule has 1 N–H and O–H groups in total. The number of hydrogen-bond donors (Lipinski definition) is 1. The quantitative estimate of drug-likeness (QED) is 0.783. The van der Waals surface area contributed by atoms with Crippen molar-refractivity contribution in [3.05, 3.63) is 11.3 Å². The Morgan fingerprint density at radius 2 is 1.47 bits per heavy atom. The molecule has 1 aliphatic rings. The number of aliphatic hydroxyl groups excluding tert-OH is 1. The minimum absolute atomic E-state index is 0.198. The Bertz CT molecular complexity index is 493. The zero-order chi connectivity index (χ0) is 13.8. The summed E-state index contributed by atoms with van der Waals surface area (Å²) < 4.78 is 21.8. The molecule has 0 fully saturated rings. The van der Waals surface area contributed by atoms with Crippen LogP contribution in [0.2, 0.25) is 0 Å². The van der Waals surface area contributed by atoms with Gasteiger partial charge in [0.25, 0.3) is 0 Å². The number of hydrogen-bond acceptors (Lipinski definition) is 4. The number of sulfone groups is 1. The Hall–Kier alpha value is -0.840. The summed E-state index contributed by atoms with van der Waals surface area (Å²) in [6, 6.07) is 0. The van der Waals surface area contributed by atoms with Crippen molar-refractivity contribution in [2.75, 3.05) is 0 Å². The third-order valence-electron chi connectivity index (χ3n) is 3.54. The second kappa shape index (κ2) is 3.57. The largest absolute Gasteiger partial charge is 0.510 e. The van der Waals surface area contributed by atoms with E-state index in [0.29, 0.717) is 0 Å². The molecule has 0 bridgehead atoms. The van der Waals surface area contributed by atoms with Gasteiger partial charge in [0.2, 0.25) is 0 Å². The van der Waals surface area contributed by atoms with E-state index in [1.165, 1.54) is 27.7 Å². The molecule has 0 aromatic heterocycles. The molecule has 17 heavy (non-hydrogen) atoms. The standard InChI is InChI=1S/C12H20O4S/c1-7(2)8-9(13)11(3,4)17(15,16)12(5,6)10(8)14/h7,13H,1-6H3. The molecule has 0 aromatic carbocycles. The Balaban J connectivity index is 3.75. The molecule has 0 aliphatic carbocycles. The molecular weight excluding hydrogens is 240 g/mol. The average Bonchev–Trinajstić information content (AvgIpc) is 2.14. The van der Waals surface area contributed by atoms with Crippen LogP contribution in [0.15, 0.2) is 11.3 Å². The lowest BCUT2D eigenvalue weighted by Crippen LogP contribution is -2.56. The molecule has 98 valence electrons. The van der Waals surface area contributed by atoms with Crippen LogP contribution in [0.3, 0.4) is 0 Å². The van der Waals surface area contributed by atoms with Gasteiger partial charge in [-0.15, -0.1) is 0 Å². The number of carbonyl (C=O) groups excluding carboxylic acids is 1. The van der Waals surface area contributed by atoms with Gasteiger partial charge in [-0.25, -0.2) is 8.42 Å². The SMILES string of the molecule is CC(C)C1=C(O)C(C)(C)S(=O)(=O)C(C)(C)C1=O. The van der Waals surface area contributed by atoms with Crippen LogP contribution in [0.4, 0.5) is 0 Å². The van der Waals surface area contributed by atoms with Crippen molar-refractivity contribution >= 4 is 15.6 Å². The topological polar surface area (TPSA) is 71.4 Å². The molecule has 0 radical (unpaired) electrons. The molecule has 1 rings (SSSR count). The Morgan fingerprint density at radius 3 is 1.82 bits per heavy atom. The van der Waals surface area contributed by atoms with Crippen LogP contribution in [-0.4, -0.2) is 28.8 Å². The lowest BCUT2D eigenvalue weighted by Gasteiger charge is -2.40. The maximum atomic E-state index is 12.3. The van der Waals surface area contributed by atoms with Gasteiger partial charge < -0.3 is 5.11 Å². The summed E-state index contributed by atoms with van der Waals surface area (Å²) in [6.07, 6.45) is 0. The zero-order valence-electron chi connectivity index (χ0n) is 11.2. The molecule has 0 aromatic rings. The minimum Gasteiger partial charge on any atom is -0.510 e. The van der Waals surface area contributed by atoms with Crippen molar-refractivity contribution in [2.45, 2.75) is 51.0 Å². The summed E-state index contributed by atoms with van der Waals surface area (Å²) in [5.74, 6) is -1.00. The van der Waals surface area contributed by atoms with Crippen molar-refractivity contribution in [2.24, 2.45) is 5.92 Å². The highest BCUT2D eigenvalue weighted by atomic mass is 32.2. The van der Waals surface area contributed by atoms with Crippen molar-refractivity contribution in [1.82, 2.24) is 0 Å². The predicted molar refractivity (Wildman–Crippen MR) is 66.6 cm³/mol. The van der Waals surface area contributed by atoms with Crippen LogP contribution >= 0.6 is 0 Å². The maximum Gasteiger partial charge on any atom is 0.183 e. The fourth-order valence-corrected chi connectivity index (χ4v) is 4.17. The first-order valence-corrected chi connectivity index (χ1v) is 7.10. The number of allylic oxidation sites excluding steroid dienone is 1. The van der Waals surface area contributed by atoms with E-state index in [0.717, 1.165) is 0 Å². The molecular formula is C12H20O4S. The number of rotatable bonds is 1. The van der Waals surface area contributed by atoms with E-state index in [4.69, 9.17) is 0 Å². The van der Waals surface area contributed by atoms with Crippen LogP contribution in [-0.2, 0) is 14.6 Å². The number of ketones is 1. The highest BCUT2D eigenvalue weighted by Gasteiger charge is 2.58. The second-order valence-electron chi connectivity index (χ2n) is 5.77. The number of aliphatic hydroxyl groups is 1. The van der Waals surface area contributed by atoms with Crippen LogP contribution in [0, 0.1) is 5.92 Å². The Morgan fingerprint density at radius 1 is 1.06 bits per heavy atom. The molecule has 4 nitrogen and oxygen atoms in total. The number of carbonyl (C=O) groups is 1. The van der Waals surface area contributed by atoms with Gasteiger partial charge in [0.1, 0.15) is 15.3 Å². The van der Waals surface area contributed by atoms with Crippen LogP contribution in [0.1, 0.15) is 41.5 Å². The van der Waals surface area contributed by atoms with Gasteiger partial charge in [0.15, 0.2) is 15.6 Å². The van der Waals surface area contributed by atoms with Crippen molar-refractivity contribution in [1.29, 1.82) is 0 Å². The van der Waals surface area contributed by atoms with E-state index in [1.807, 2.05) is 0 Å². The smallest absolute Gasteiger partial charge is 0.183 e. The highest BCUT2D eigenvalue weighted by molar-refractivity contribution is 7.95. The molecule has 0 unspecified atom stereocenters. The molecule has 0 saturated carbocycles. The van der Waals surface area contributed by atoms with E-state index in [-0.39, 0.29) is 17.3 Å². The third-order valence-corrected chi connectivity index (χ3v) is 6.60. The first-order chi connectivity index (χ1) is 7.39. The van der Waals surface area contributed by atoms with E-state index in [9.17, 15) is 18.3 Å². The summed E-state index contributed by atoms with van der Waals surface area (Å²) in [5, 5.41) is 10.1. The van der Waals surface area contributed by atoms with Crippen LogP contribution in [0.5, 0.6) is 0 Å². The van der Waals surface area contributed by atoms with E-state index >= 15 is 0 Å². The monoisotopic (exact) mass is 260 g/mol. The summed E-state index contributed by atoms with van der Waals surface area (Å²) in [4.78, 5) is 12.2. The molecule has 0 spiro atoms. The van der Waals surface area contributed by atoms with E-state index < -0.39 is 25.1 Å². The van der Waals surface area contributed by atoms with E-state index in [1.54, 1.807) is 13.8 Å². The summed E-state index contributed by atoms with van der Waals surface area (Å²) >= 11 is 0. The predicted octanol–water partition coefficient (Wildman–Crippen LogP) is 2.01.